The lowest BCUT2D eigenvalue weighted by molar-refractivity contribution is -0.138. The first-order chi connectivity index (χ1) is 12.9. The molecule has 3 rings (SSSR count). The van der Waals surface area contributed by atoms with Crippen LogP contribution in [0.2, 0.25) is 0 Å². The number of hydrogen-bond donors (Lipinski definition) is 3. The van der Waals surface area contributed by atoms with Crippen LogP contribution in [0.4, 0.5) is 0 Å². The second-order valence-electron chi connectivity index (χ2n) is 7.48. The van der Waals surface area contributed by atoms with E-state index in [-0.39, 0.29) is 24.1 Å². The maximum Gasteiger partial charge on any atom is 0.326 e. The standard InChI is InChI=1S/C20H27N3O4/c1-3-20(4-2,12-17(24)25)22-18(26)13-9-10-16-15(11-13)21-19(27)23(16)14-7-5-6-8-14/h9-11,14H,3-8,12H2,1-2H3,(H,21,27)(H,22,26)(H,24,25). The van der Waals surface area contributed by atoms with Gasteiger partial charge in [0.05, 0.1) is 23.0 Å². The first kappa shape index (κ1) is 19.2. The molecule has 7 nitrogen and oxygen atoms in total. The summed E-state index contributed by atoms with van der Waals surface area (Å²) in [6, 6.07) is 5.40. The molecule has 0 saturated heterocycles. The highest BCUT2D eigenvalue weighted by molar-refractivity contribution is 5.98. The fourth-order valence-corrected chi connectivity index (χ4v) is 4.12. The Morgan fingerprint density at radius 3 is 2.52 bits per heavy atom. The molecule has 1 aromatic carbocycles. The zero-order valence-corrected chi connectivity index (χ0v) is 15.9. The van der Waals surface area contributed by atoms with Crippen molar-refractivity contribution in [3.8, 4) is 0 Å². The van der Waals surface area contributed by atoms with Gasteiger partial charge in [0.1, 0.15) is 0 Å². The molecule has 0 aliphatic heterocycles. The van der Waals surface area contributed by atoms with Crippen molar-refractivity contribution in [1.29, 1.82) is 0 Å². The number of carbonyl (C=O) groups is 2. The number of aliphatic carboxylic acids is 1. The van der Waals surface area contributed by atoms with Crippen LogP contribution in [0, 0.1) is 0 Å². The number of amides is 1. The molecular weight excluding hydrogens is 346 g/mol. The van der Waals surface area contributed by atoms with Gasteiger partial charge in [-0.3, -0.25) is 14.2 Å². The maximum atomic E-state index is 12.7. The van der Waals surface area contributed by atoms with Crippen molar-refractivity contribution in [2.24, 2.45) is 0 Å². The molecule has 0 radical (unpaired) electrons. The number of aromatic amines is 1. The fraction of sp³-hybridized carbons (Fsp3) is 0.550. The molecule has 27 heavy (non-hydrogen) atoms. The lowest BCUT2D eigenvalue weighted by atomic mass is 9.88. The number of imidazole rings is 1. The highest BCUT2D eigenvalue weighted by Gasteiger charge is 2.31. The fourth-order valence-electron chi connectivity index (χ4n) is 4.12. The van der Waals surface area contributed by atoms with E-state index in [1.165, 1.54) is 0 Å². The van der Waals surface area contributed by atoms with Gasteiger partial charge in [-0.05, 0) is 43.9 Å². The van der Waals surface area contributed by atoms with Gasteiger partial charge in [-0.15, -0.1) is 0 Å². The molecule has 1 heterocycles. The molecule has 7 heteroatoms. The van der Waals surface area contributed by atoms with Gasteiger partial charge >= 0.3 is 11.7 Å². The summed E-state index contributed by atoms with van der Waals surface area (Å²) >= 11 is 0. The van der Waals surface area contributed by atoms with Gasteiger partial charge in [-0.25, -0.2) is 4.79 Å². The molecule has 1 aromatic heterocycles. The van der Waals surface area contributed by atoms with Gasteiger partial charge in [0.15, 0.2) is 0 Å². The monoisotopic (exact) mass is 373 g/mol. The molecule has 1 aliphatic carbocycles. The molecule has 0 bridgehead atoms. The van der Waals surface area contributed by atoms with E-state index in [2.05, 4.69) is 10.3 Å². The number of nitrogens with one attached hydrogen (secondary N) is 2. The summed E-state index contributed by atoms with van der Waals surface area (Å²) in [6.07, 6.45) is 5.19. The van der Waals surface area contributed by atoms with Crippen LogP contribution in [0.15, 0.2) is 23.0 Å². The number of nitrogens with zero attached hydrogens (tertiary/aromatic N) is 1. The van der Waals surface area contributed by atoms with Gasteiger partial charge in [0.2, 0.25) is 0 Å². The summed E-state index contributed by atoms with van der Waals surface area (Å²) in [7, 11) is 0. The number of rotatable bonds is 7. The molecule has 1 fully saturated rings. The third-order valence-corrected chi connectivity index (χ3v) is 5.89. The average molecular weight is 373 g/mol. The summed E-state index contributed by atoms with van der Waals surface area (Å²) in [6.45, 7) is 3.74. The summed E-state index contributed by atoms with van der Waals surface area (Å²) in [5.41, 5.74) is 0.944. The second kappa shape index (κ2) is 7.58. The number of carboxylic acids is 1. The van der Waals surface area contributed by atoms with Crippen LogP contribution in [-0.4, -0.2) is 32.1 Å². The van der Waals surface area contributed by atoms with Crippen molar-refractivity contribution in [2.45, 2.75) is 70.4 Å². The van der Waals surface area contributed by atoms with Crippen LogP contribution in [0.25, 0.3) is 11.0 Å². The molecule has 3 N–H and O–H groups in total. The number of carboxylic acid groups (broad SMARTS) is 1. The summed E-state index contributed by atoms with van der Waals surface area (Å²) in [5.74, 6) is -1.26. The third-order valence-electron chi connectivity index (χ3n) is 5.89. The molecule has 1 saturated carbocycles. The smallest absolute Gasteiger partial charge is 0.326 e. The molecule has 146 valence electrons. The molecule has 0 atom stereocenters. The van der Waals surface area contributed by atoms with Gasteiger partial charge in [-0.1, -0.05) is 26.7 Å². The van der Waals surface area contributed by atoms with E-state index in [4.69, 9.17) is 0 Å². The third kappa shape index (κ3) is 3.77. The Morgan fingerprint density at radius 2 is 1.93 bits per heavy atom. The van der Waals surface area contributed by atoms with Gasteiger partial charge in [-0.2, -0.15) is 0 Å². The number of benzene rings is 1. The normalized spacial score (nSPS) is 15.3. The Balaban J connectivity index is 1.89. The molecule has 1 aliphatic rings. The lowest BCUT2D eigenvalue weighted by Gasteiger charge is -2.31. The van der Waals surface area contributed by atoms with Crippen molar-refractivity contribution in [2.75, 3.05) is 0 Å². The van der Waals surface area contributed by atoms with E-state index in [9.17, 15) is 19.5 Å². The number of hydrogen-bond acceptors (Lipinski definition) is 3. The highest BCUT2D eigenvalue weighted by atomic mass is 16.4. The predicted molar refractivity (Wildman–Crippen MR) is 103 cm³/mol. The van der Waals surface area contributed by atoms with Gasteiger partial charge in [0, 0.05) is 11.6 Å². The van der Waals surface area contributed by atoms with Crippen molar-refractivity contribution < 1.29 is 14.7 Å². The Labute approximate surface area is 157 Å². The van der Waals surface area contributed by atoms with Crippen LogP contribution in [0.5, 0.6) is 0 Å². The zero-order chi connectivity index (χ0) is 19.6. The minimum atomic E-state index is -0.938. The summed E-state index contributed by atoms with van der Waals surface area (Å²) < 4.78 is 1.80. The predicted octanol–water partition coefficient (Wildman–Crippen LogP) is 3.21. The minimum absolute atomic E-state index is 0.122. The number of carbonyl (C=O) groups excluding carboxylic acids is 1. The molecular formula is C20H27N3O4. The Kier molecular flexibility index (Phi) is 5.39. The van der Waals surface area contributed by atoms with Crippen LogP contribution < -0.4 is 11.0 Å². The topological polar surface area (TPSA) is 104 Å². The van der Waals surface area contributed by atoms with E-state index in [0.717, 1.165) is 31.2 Å². The summed E-state index contributed by atoms with van der Waals surface area (Å²) in [5, 5.41) is 12.1. The van der Waals surface area contributed by atoms with Crippen molar-refractivity contribution >= 4 is 22.9 Å². The second-order valence-corrected chi connectivity index (χ2v) is 7.48. The van der Waals surface area contributed by atoms with Crippen LogP contribution in [0.3, 0.4) is 0 Å². The quantitative estimate of drug-likeness (QED) is 0.693. The van der Waals surface area contributed by atoms with Gasteiger partial charge in [0.25, 0.3) is 5.91 Å². The Morgan fingerprint density at radius 1 is 1.26 bits per heavy atom. The molecule has 0 unspecified atom stereocenters. The van der Waals surface area contributed by atoms with Crippen molar-refractivity contribution in [3.63, 3.8) is 0 Å². The van der Waals surface area contributed by atoms with Crippen LogP contribution in [-0.2, 0) is 4.79 Å². The van der Waals surface area contributed by atoms with Gasteiger partial charge < -0.3 is 15.4 Å². The van der Waals surface area contributed by atoms with Crippen molar-refractivity contribution in [1.82, 2.24) is 14.9 Å². The molecule has 1 amide bonds. The lowest BCUT2D eigenvalue weighted by Crippen LogP contribution is -2.49. The highest BCUT2D eigenvalue weighted by Crippen LogP contribution is 2.31. The Hall–Kier alpha value is -2.57. The first-order valence-electron chi connectivity index (χ1n) is 9.67. The average Bonchev–Trinajstić information content (AvgIpc) is 3.26. The molecule has 0 spiro atoms. The Bertz CT molecular complexity index is 902. The zero-order valence-electron chi connectivity index (χ0n) is 15.9. The van der Waals surface area contributed by atoms with Crippen LogP contribution in [0.1, 0.15) is 75.2 Å². The first-order valence-corrected chi connectivity index (χ1v) is 9.67. The van der Waals surface area contributed by atoms with E-state index >= 15 is 0 Å². The maximum absolute atomic E-state index is 12.7. The van der Waals surface area contributed by atoms with Crippen molar-refractivity contribution in [3.05, 3.63) is 34.2 Å². The van der Waals surface area contributed by atoms with E-state index in [1.54, 1.807) is 22.8 Å². The number of fused-ring (bicyclic) bond motifs is 1. The van der Waals surface area contributed by atoms with E-state index in [1.807, 2.05) is 13.8 Å². The summed E-state index contributed by atoms with van der Waals surface area (Å²) in [4.78, 5) is 39.2. The van der Waals surface area contributed by atoms with E-state index in [0.29, 0.717) is 23.9 Å². The number of aromatic nitrogens is 2. The van der Waals surface area contributed by atoms with E-state index < -0.39 is 11.5 Å². The largest absolute Gasteiger partial charge is 0.481 e. The molecule has 2 aromatic rings. The van der Waals surface area contributed by atoms with Crippen LogP contribution >= 0.6 is 0 Å². The number of H-pyrrole nitrogens is 1. The SMILES string of the molecule is CCC(CC)(CC(=O)O)NC(=O)c1ccc2c(c1)[nH]c(=O)n2C1CCCC1. The minimum Gasteiger partial charge on any atom is -0.481 e.